The van der Waals surface area contributed by atoms with E-state index in [1.165, 1.54) is 0 Å². The van der Waals surface area contributed by atoms with Crippen LogP contribution in [0.15, 0.2) is 12.7 Å². The third kappa shape index (κ3) is 1.67. The Morgan fingerprint density at radius 1 is 1.69 bits per heavy atom. The monoisotopic (exact) mass is 184 g/mol. The summed E-state index contributed by atoms with van der Waals surface area (Å²) in [4.78, 5) is 10.9. The van der Waals surface area contributed by atoms with Crippen LogP contribution in [0.4, 0.5) is 0 Å². The molecule has 0 spiro atoms. The minimum absolute atomic E-state index is 0.184. The predicted molar refractivity (Wildman–Crippen MR) is 49.3 cm³/mol. The standard InChI is InChI=1S/C10H16O3/c1-4-8-10(6-11,7-12)5-9(2,3)13-8/h4,6,8,12H,1,5,7H2,2-3H3/t8-,10?/m1/s1. The van der Waals surface area contributed by atoms with E-state index < -0.39 is 5.41 Å². The number of aliphatic hydroxyl groups is 1. The Labute approximate surface area is 78.4 Å². The number of rotatable bonds is 3. The van der Waals surface area contributed by atoms with Crippen molar-refractivity contribution in [1.82, 2.24) is 0 Å². The van der Waals surface area contributed by atoms with Gasteiger partial charge in [0.25, 0.3) is 0 Å². The van der Waals surface area contributed by atoms with E-state index in [0.717, 1.165) is 6.29 Å². The molecular formula is C10H16O3. The summed E-state index contributed by atoms with van der Waals surface area (Å²) in [5.41, 5.74) is -1.15. The number of hydrogen-bond acceptors (Lipinski definition) is 3. The maximum atomic E-state index is 10.9. The molecule has 0 bridgehead atoms. The van der Waals surface area contributed by atoms with Crippen LogP contribution in [0.3, 0.4) is 0 Å². The summed E-state index contributed by atoms with van der Waals surface area (Å²) in [5.74, 6) is 0. The summed E-state index contributed by atoms with van der Waals surface area (Å²) in [6.45, 7) is 7.23. The van der Waals surface area contributed by atoms with Crippen LogP contribution in [0.5, 0.6) is 0 Å². The molecule has 1 aliphatic heterocycles. The van der Waals surface area contributed by atoms with Gasteiger partial charge in [-0.05, 0) is 20.3 Å². The van der Waals surface area contributed by atoms with Crippen molar-refractivity contribution in [2.75, 3.05) is 6.61 Å². The fourth-order valence-corrected chi connectivity index (χ4v) is 1.97. The zero-order valence-electron chi connectivity index (χ0n) is 8.12. The molecule has 1 rings (SSSR count). The van der Waals surface area contributed by atoms with Gasteiger partial charge in [0.2, 0.25) is 0 Å². The molecule has 0 aliphatic carbocycles. The Morgan fingerprint density at radius 2 is 2.31 bits per heavy atom. The van der Waals surface area contributed by atoms with Crippen LogP contribution < -0.4 is 0 Å². The Morgan fingerprint density at radius 3 is 2.62 bits per heavy atom. The van der Waals surface area contributed by atoms with Crippen LogP contribution >= 0.6 is 0 Å². The molecule has 13 heavy (non-hydrogen) atoms. The number of aliphatic hydroxyl groups excluding tert-OH is 1. The first kappa shape index (κ1) is 10.4. The SMILES string of the molecule is C=C[C@H]1OC(C)(C)CC1(C=O)CO. The topological polar surface area (TPSA) is 46.5 Å². The van der Waals surface area contributed by atoms with E-state index in [0.29, 0.717) is 6.42 Å². The van der Waals surface area contributed by atoms with Gasteiger partial charge in [0, 0.05) is 0 Å². The smallest absolute Gasteiger partial charge is 0.131 e. The fourth-order valence-electron chi connectivity index (χ4n) is 1.97. The summed E-state index contributed by atoms with van der Waals surface area (Å²) < 4.78 is 5.59. The van der Waals surface area contributed by atoms with Gasteiger partial charge in [-0.25, -0.2) is 0 Å². The number of ether oxygens (including phenoxy) is 1. The third-order valence-electron chi connectivity index (χ3n) is 2.51. The molecule has 74 valence electrons. The van der Waals surface area contributed by atoms with Gasteiger partial charge in [0.05, 0.1) is 23.7 Å². The van der Waals surface area contributed by atoms with Gasteiger partial charge < -0.3 is 14.6 Å². The van der Waals surface area contributed by atoms with Crippen LogP contribution in [-0.4, -0.2) is 29.7 Å². The maximum Gasteiger partial charge on any atom is 0.131 e. The van der Waals surface area contributed by atoms with Crippen LogP contribution in [0.25, 0.3) is 0 Å². The number of aldehydes is 1. The van der Waals surface area contributed by atoms with Gasteiger partial charge in [0.15, 0.2) is 0 Å². The van der Waals surface area contributed by atoms with Crippen molar-refractivity contribution in [2.24, 2.45) is 5.41 Å². The maximum absolute atomic E-state index is 10.9. The van der Waals surface area contributed by atoms with Crippen molar-refractivity contribution in [3.05, 3.63) is 12.7 Å². The quantitative estimate of drug-likeness (QED) is 0.524. The number of carbonyl (C=O) groups excluding carboxylic acids is 1. The predicted octanol–water partition coefficient (Wildman–Crippen LogP) is 0.917. The summed E-state index contributed by atoms with van der Waals surface area (Å²) in [6.07, 6.45) is 2.54. The fraction of sp³-hybridized carbons (Fsp3) is 0.700. The van der Waals surface area contributed by atoms with E-state index in [9.17, 15) is 9.90 Å². The Balaban J connectivity index is 2.96. The molecular weight excluding hydrogens is 168 g/mol. The molecule has 0 aromatic rings. The van der Waals surface area contributed by atoms with Gasteiger partial charge in [0.1, 0.15) is 6.29 Å². The van der Waals surface area contributed by atoms with Crippen molar-refractivity contribution in [3.8, 4) is 0 Å². The molecule has 1 unspecified atom stereocenters. The van der Waals surface area contributed by atoms with Crippen molar-refractivity contribution in [2.45, 2.75) is 32.0 Å². The average molecular weight is 184 g/mol. The van der Waals surface area contributed by atoms with Crippen LogP contribution in [0, 0.1) is 5.41 Å². The molecule has 0 radical (unpaired) electrons. The first-order chi connectivity index (χ1) is 5.99. The van der Waals surface area contributed by atoms with Gasteiger partial charge in [-0.2, -0.15) is 0 Å². The highest BCUT2D eigenvalue weighted by Gasteiger charge is 2.50. The van der Waals surface area contributed by atoms with Crippen molar-refractivity contribution < 1.29 is 14.6 Å². The molecule has 0 amide bonds. The first-order valence-electron chi connectivity index (χ1n) is 4.37. The van der Waals surface area contributed by atoms with E-state index in [-0.39, 0.29) is 18.3 Å². The second kappa shape index (κ2) is 3.24. The zero-order chi connectivity index (χ0) is 10.1. The lowest BCUT2D eigenvalue weighted by molar-refractivity contribution is -0.120. The molecule has 2 atom stereocenters. The molecule has 3 heteroatoms. The van der Waals surface area contributed by atoms with Crippen molar-refractivity contribution in [3.63, 3.8) is 0 Å². The molecule has 1 N–H and O–H groups in total. The van der Waals surface area contributed by atoms with E-state index in [4.69, 9.17) is 4.74 Å². The van der Waals surface area contributed by atoms with E-state index in [1.807, 2.05) is 13.8 Å². The summed E-state index contributed by atoms with van der Waals surface area (Å²) >= 11 is 0. The molecule has 0 aromatic heterocycles. The second-order valence-electron chi connectivity index (χ2n) is 4.22. The summed E-state index contributed by atoms with van der Waals surface area (Å²) in [7, 11) is 0. The van der Waals surface area contributed by atoms with Crippen LogP contribution in [-0.2, 0) is 9.53 Å². The minimum Gasteiger partial charge on any atom is -0.395 e. The van der Waals surface area contributed by atoms with Crippen molar-refractivity contribution in [1.29, 1.82) is 0 Å². The first-order valence-corrected chi connectivity index (χ1v) is 4.37. The summed E-state index contributed by atoms with van der Waals surface area (Å²) in [5, 5.41) is 9.19. The average Bonchev–Trinajstić information content (AvgIpc) is 2.37. The van der Waals surface area contributed by atoms with E-state index in [1.54, 1.807) is 6.08 Å². The molecule has 1 saturated heterocycles. The minimum atomic E-state index is -0.786. The van der Waals surface area contributed by atoms with Crippen LogP contribution in [0.1, 0.15) is 20.3 Å². The number of hydrogen-bond donors (Lipinski definition) is 1. The molecule has 1 heterocycles. The van der Waals surface area contributed by atoms with Gasteiger partial charge in [-0.1, -0.05) is 6.08 Å². The molecule has 0 aromatic carbocycles. The highest BCUT2D eigenvalue weighted by molar-refractivity contribution is 5.62. The zero-order valence-corrected chi connectivity index (χ0v) is 8.12. The summed E-state index contributed by atoms with van der Waals surface area (Å²) in [6, 6.07) is 0. The largest absolute Gasteiger partial charge is 0.395 e. The van der Waals surface area contributed by atoms with Gasteiger partial charge in [-0.15, -0.1) is 6.58 Å². The highest BCUT2D eigenvalue weighted by Crippen LogP contribution is 2.42. The Bertz CT molecular complexity index is 222. The lowest BCUT2D eigenvalue weighted by Gasteiger charge is -2.22. The van der Waals surface area contributed by atoms with E-state index >= 15 is 0 Å². The normalized spacial score (nSPS) is 37.3. The van der Waals surface area contributed by atoms with Crippen LogP contribution in [0.2, 0.25) is 0 Å². The molecule has 3 nitrogen and oxygen atoms in total. The lowest BCUT2D eigenvalue weighted by atomic mass is 9.79. The Kier molecular flexibility index (Phi) is 2.59. The number of carbonyl (C=O) groups is 1. The van der Waals surface area contributed by atoms with Gasteiger partial charge in [-0.3, -0.25) is 0 Å². The third-order valence-corrected chi connectivity index (χ3v) is 2.51. The molecule has 1 aliphatic rings. The Hall–Kier alpha value is -0.670. The van der Waals surface area contributed by atoms with Crippen molar-refractivity contribution >= 4 is 6.29 Å². The second-order valence-corrected chi connectivity index (χ2v) is 4.22. The molecule has 1 fully saturated rings. The van der Waals surface area contributed by atoms with Gasteiger partial charge >= 0.3 is 0 Å². The van der Waals surface area contributed by atoms with E-state index in [2.05, 4.69) is 6.58 Å². The highest BCUT2D eigenvalue weighted by atomic mass is 16.5. The lowest BCUT2D eigenvalue weighted by Crippen LogP contribution is -2.34. The molecule has 0 saturated carbocycles.